The van der Waals surface area contributed by atoms with E-state index in [-0.39, 0.29) is 5.91 Å². The maximum Gasteiger partial charge on any atom is 0.254 e. The van der Waals surface area contributed by atoms with Crippen LogP contribution >= 0.6 is 0 Å². The van der Waals surface area contributed by atoms with Gasteiger partial charge in [-0.3, -0.25) is 14.5 Å². The monoisotopic (exact) mass is 361 g/mol. The first-order chi connectivity index (χ1) is 13.1. The van der Waals surface area contributed by atoms with Crippen LogP contribution < -0.4 is 5.73 Å². The summed E-state index contributed by atoms with van der Waals surface area (Å²) in [6, 6.07) is 10.1. The van der Waals surface area contributed by atoms with Crippen LogP contribution in [0.3, 0.4) is 0 Å². The standard InChI is InChI=1S/C21H23N5O/c1-14-4-7-18(17-11-23-26(13-17)9-3-8-22)20(24-14)15-5-6-16-12-25(2)21(27)19(16)10-15/h4-7,10-11,13H,3,8-9,12,22H2,1-2H3. The summed E-state index contributed by atoms with van der Waals surface area (Å²) in [5.41, 5.74) is 12.2. The Morgan fingerprint density at radius 3 is 2.81 bits per heavy atom. The lowest BCUT2D eigenvalue weighted by Gasteiger charge is -2.10. The van der Waals surface area contributed by atoms with Gasteiger partial charge in [0.05, 0.1) is 11.9 Å². The molecule has 2 N–H and O–H groups in total. The molecule has 3 heterocycles. The van der Waals surface area contributed by atoms with Crippen molar-refractivity contribution in [1.29, 1.82) is 0 Å². The number of aromatic nitrogens is 3. The summed E-state index contributed by atoms with van der Waals surface area (Å²) in [4.78, 5) is 18.9. The van der Waals surface area contributed by atoms with Crippen LogP contribution in [0.2, 0.25) is 0 Å². The van der Waals surface area contributed by atoms with Gasteiger partial charge in [-0.15, -0.1) is 0 Å². The number of nitrogens with zero attached hydrogens (tertiary/aromatic N) is 4. The SMILES string of the molecule is Cc1ccc(-c2cnn(CCCN)c2)c(-c2ccc3c(c2)C(=O)N(C)C3)n1. The molecule has 6 heteroatoms. The zero-order valence-electron chi connectivity index (χ0n) is 15.6. The van der Waals surface area contributed by atoms with Crippen LogP contribution in [0.5, 0.6) is 0 Å². The second-order valence-corrected chi connectivity index (χ2v) is 7.02. The third kappa shape index (κ3) is 3.24. The smallest absolute Gasteiger partial charge is 0.254 e. The molecule has 1 amide bonds. The van der Waals surface area contributed by atoms with Crippen molar-refractivity contribution in [3.05, 3.63) is 59.5 Å². The van der Waals surface area contributed by atoms with E-state index in [0.29, 0.717) is 13.1 Å². The highest BCUT2D eigenvalue weighted by atomic mass is 16.2. The lowest BCUT2D eigenvalue weighted by atomic mass is 9.98. The van der Waals surface area contributed by atoms with E-state index >= 15 is 0 Å². The lowest BCUT2D eigenvalue weighted by molar-refractivity contribution is 0.0816. The fraction of sp³-hybridized carbons (Fsp3) is 0.286. The molecule has 3 aromatic rings. The molecular formula is C21H23N5O. The Hall–Kier alpha value is -2.99. The van der Waals surface area contributed by atoms with Crippen molar-refractivity contribution in [2.24, 2.45) is 5.73 Å². The molecule has 0 fully saturated rings. The zero-order chi connectivity index (χ0) is 19.0. The van der Waals surface area contributed by atoms with Crippen molar-refractivity contribution in [2.45, 2.75) is 26.4 Å². The minimum absolute atomic E-state index is 0.0654. The highest BCUT2D eigenvalue weighted by Gasteiger charge is 2.25. The van der Waals surface area contributed by atoms with Gasteiger partial charge in [0.25, 0.3) is 5.91 Å². The van der Waals surface area contributed by atoms with Crippen LogP contribution in [-0.4, -0.2) is 39.2 Å². The molecule has 2 aromatic heterocycles. The van der Waals surface area contributed by atoms with Gasteiger partial charge in [-0.2, -0.15) is 5.10 Å². The second kappa shape index (κ2) is 6.96. The van der Waals surface area contributed by atoms with Gasteiger partial charge in [0.2, 0.25) is 0 Å². The molecule has 1 aromatic carbocycles. The number of aryl methyl sites for hydroxylation is 2. The molecular weight excluding hydrogens is 338 g/mol. The molecule has 6 nitrogen and oxygen atoms in total. The molecule has 0 saturated heterocycles. The Balaban J connectivity index is 1.77. The summed E-state index contributed by atoms with van der Waals surface area (Å²) < 4.78 is 1.91. The van der Waals surface area contributed by atoms with E-state index < -0.39 is 0 Å². The Kier molecular flexibility index (Phi) is 4.49. The average molecular weight is 361 g/mol. The van der Waals surface area contributed by atoms with Gasteiger partial charge in [-0.05, 0) is 37.6 Å². The molecule has 0 unspecified atom stereocenters. The van der Waals surface area contributed by atoms with Gasteiger partial charge in [0.15, 0.2) is 0 Å². The number of fused-ring (bicyclic) bond motifs is 1. The average Bonchev–Trinajstić information content (AvgIpc) is 3.25. The minimum atomic E-state index is 0.0654. The van der Waals surface area contributed by atoms with E-state index in [1.807, 2.05) is 49.2 Å². The Bertz CT molecular complexity index is 1010. The third-order valence-corrected chi connectivity index (χ3v) is 4.94. The number of benzene rings is 1. The Morgan fingerprint density at radius 1 is 1.15 bits per heavy atom. The number of pyridine rings is 1. The molecule has 4 rings (SSSR count). The van der Waals surface area contributed by atoms with E-state index in [1.54, 1.807) is 4.90 Å². The third-order valence-electron chi connectivity index (χ3n) is 4.94. The molecule has 1 aliphatic heterocycles. The van der Waals surface area contributed by atoms with Crippen LogP contribution in [-0.2, 0) is 13.1 Å². The summed E-state index contributed by atoms with van der Waals surface area (Å²) in [5, 5.41) is 4.44. The summed E-state index contributed by atoms with van der Waals surface area (Å²) in [6.45, 7) is 4.08. The number of nitrogens with two attached hydrogens (primary N) is 1. The van der Waals surface area contributed by atoms with E-state index in [2.05, 4.69) is 17.2 Å². The van der Waals surface area contributed by atoms with Gasteiger partial charge in [-0.1, -0.05) is 18.2 Å². The van der Waals surface area contributed by atoms with Gasteiger partial charge in [0, 0.05) is 54.3 Å². The topological polar surface area (TPSA) is 77.0 Å². The molecule has 0 saturated carbocycles. The number of amides is 1. The summed E-state index contributed by atoms with van der Waals surface area (Å²) in [7, 11) is 1.83. The fourth-order valence-corrected chi connectivity index (χ4v) is 3.48. The first kappa shape index (κ1) is 17.4. The number of hydrogen-bond acceptors (Lipinski definition) is 4. The first-order valence-electron chi connectivity index (χ1n) is 9.16. The number of hydrogen-bond donors (Lipinski definition) is 1. The van der Waals surface area contributed by atoms with Crippen molar-refractivity contribution in [1.82, 2.24) is 19.7 Å². The number of rotatable bonds is 5. The molecule has 0 spiro atoms. The quantitative estimate of drug-likeness (QED) is 0.758. The Morgan fingerprint density at radius 2 is 2.00 bits per heavy atom. The van der Waals surface area contributed by atoms with Gasteiger partial charge in [-0.25, -0.2) is 0 Å². The van der Waals surface area contributed by atoms with Crippen LogP contribution in [0.25, 0.3) is 22.4 Å². The van der Waals surface area contributed by atoms with Gasteiger partial charge >= 0.3 is 0 Å². The fourth-order valence-electron chi connectivity index (χ4n) is 3.48. The minimum Gasteiger partial charge on any atom is -0.337 e. The molecule has 0 atom stereocenters. The van der Waals surface area contributed by atoms with Gasteiger partial charge in [0.1, 0.15) is 0 Å². The van der Waals surface area contributed by atoms with Crippen molar-refractivity contribution < 1.29 is 4.79 Å². The van der Waals surface area contributed by atoms with Crippen LogP contribution in [0.1, 0.15) is 28.0 Å². The normalized spacial score (nSPS) is 13.3. The van der Waals surface area contributed by atoms with E-state index in [0.717, 1.165) is 52.2 Å². The van der Waals surface area contributed by atoms with Crippen LogP contribution in [0.4, 0.5) is 0 Å². The molecule has 1 aliphatic rings. The summed E-state index contributed by atoms with van der Waals surface area (Å²) in [5.74, 6) is 0.0654. The van der Waals surface area contributed by atoms with Crippen molar-refractivity contribution in [3.63, 3.8) is 0 Å². The van der Waals surface area contributed by atoms with Crippen LogP contribution in [0, 0.1) is 6.92 Å². The molecule has 27 heavy (non-hydrogen) atoms. The highest BCUT2D eigenvalue weighted by Crippen LogP contribution is 2.33. The van der Waals surface area contributed by atoms with Crippen molar-refractivity contribution >= 4 is 5.91 Å². The molecule has 0 aliphatic carbocycles. The van der Waals surface area contributed by atoms with Crippen LogP contribution in [0.15, 0.2) is 42.7 Å². The van der Waals surface area contributed by atoms with E-state index in [1.165, 1.54) is 0 Å². The second-order valence-electron chi connectivity index (χ2n) is 7.02. The maximum absolute atomic E-state index is 12.4. The predicted octanol–water partition coefficient (Wildman–Crippen LogP) is 2.85. The summed E-state index contributed by atoms with van der Waals surface area (Å²) >= 11 is 0. The lowest BCUT2D eigenvalue weighted by Crippen LogP contribution is -2.17. The van der Waals surface area contributed by atoms with E-state index in [9.17, 15) is 4.79 Å². The van der Waals surface area contributed by atoms with Crippen molar-refractivity contribution in [3.8, 4) is 22.4 Å². The number of carbonyl (C=O) groups excluding carboxylic acids is 1. The largest absolute Gasteiger partial charge is 0.337 e. The van der Waals surface area contributed by atoms with Gasteiger partial charge < -0.3 is 10.6 Å². The maximum atomic E-state index is 12.4. The molecule has 138 valence electrons. The first-order valence-corrected chi connectivity index (χ1v) is 9.16. The zero-order valence-corrected chi connectivity index (χ0v) is 15.6. The highest BCUT2D eigenvalue weighted by molar-refractivity contribution is 5.99. The van der Waals surface area contributed by atoms with Crippen molar-refractivity contribution in [2.75, 3.05) is 13.6 Å². The molecule has 0 bridgehead atoms. The van der Waals surface area contributed by atoms with E-state index in [4.69, 9.17) is 10.7 Å². The summed E-state index contributed by atoms with van der Waals surface area (Å²) in [6.07, 6.45) is 4.77. The Labute approximate surface area is 158 Å². The number of carbonyl (C=O) groups is 1. The predicted molar refractivity (Wildman–Crippen MR) is 105 cm³/mol. The molecule has 0 radical (unpaired) electrons.